The van der Waals surface area contributed by atoms with Crippen LogP contribution in [0, 0.1) is 57.7 Å². The quantitative estimate of drug-likeness (QED) is 0.450. The van der Waals surface area contributed by atoms with Crippen molar-refractivity contribution in [2.45, 2.75) is 6.54 Å². The molecule has 0 unspecified atom stereocenters. The molecule has 3 amide bonds. The normalized spacial score (nSPS) is 36.9. The van der Waals surface area contributed by atoms with Crippen molar-refractivity contribution in [3.63, 3.8) is 0 Å². The molecule has 0 radical (unpaired) electrons. The number of carbonyl (C=O) groups excluding carboxylic acids is 3. The minimum atomic E-state index is -0.427. The van der Waals surface area contributed by atoms with Crippen LogP contribution in [-0.4, -0.2) is 45.5 Å². The Bertz CT molecular complexity index is 1650. The van der Waals surface area contributed by atoms with Gasteiger partial charge in [0.25, 0.3) is 17.7 Å². The lowest BCUT2D eigenvalue weighted by molar-refractivity contribution is -0.639. The van der Waals surface area contributed by atoms with Crippen LogP contribution in [-0.2, 0) is 11.3 Å². The second-order valence-electron chi connectivity index (χ2n) is 11.5. The van der Waals surface area contributed by atoms with Crippen molar-refractivity contribution in [3.05, 3.63) is 53.5 Å². The first kappa shape index (κ1) is 20.6. The van der Waals surface area contributed by atoms with Crippen LogP contribution in [0.15, 0.2) is 36.5 Å². The van der Waals surface area contributed by atoms with E-state index in [1.165, 1.54) is 10.6 Å². The van der Waals surface area contributed by atoms with Crippen molar-refractivity contribution < 1.29 is 19.1 Å². The molecule has 0 bridgehead atoms. The Morgan fingerprint density at radius 1 is 1.11 bits per heavy atom. The summed E-state index contributed by atoms with van der Waals surface area (Å²) < 4.78 is 6.82. The highest BCUT2D eigenvalue weighted by Crippen LogP contribution is 3.09. The predicted octanol–water partition coefficient (Wildman–Crippen LogP) is 0.982. The fourth-order valence-corrected chi connectivity index (χ4v) is 9.36. The Balaban J connectivity index is 0.912. The Kier molecular flexibility index (Phi) is 3.43. The summed E-state index contributed by atoms with van der Waals surface area (Å²) in [6, 6.07) is 11.0. The monoisotopic (exact) mass is 507 g/mol. The van der Waals surface area contributed by atoms with Crippen LogP contribution in [0.3, 0.4) is 0 Å². The summed E-state index contributed by atoms with van der Waals surface area (Å²) in [5.41, 5.74) is 2.31. The third kappa shape index (κ3) is 1.99. The highest BCUT2D eigenvalue weighted by atomic mass is 16.5. The molecule has 1 aromatic carbocycles. The molecular weight excluding hydrogens is 486 g/mol. The number of amides is 3. The molecule has 6 aliphatic carbocycles. The first-order valence-electron chi connectivity index (χ1n) is 12.9. The second kappa shape index (κ2) is 6.32. The number of carbonyl (C=O) groups is 3. The van der Waals surface area contributed by atoms with Crippen LogP contribution in [0.25, 0.3) is 5.65 Å². The van der Waals surface area contributed by atoms with Gasteiger partial charge >= 0.3 is 0 Å². The zero-order valence-electron chi connectivity index (χ0n) is 20.0. The van der Waals surface area contributed by atoms with E-state index >= 15 is 0 Å². The average molecular weight is 508 g/mol. The SMILES string of the molecule is N#CC12C3C4C1C1C2C3C41CNC(=O)c1cc(C(=O)NCc2ccc3c(c2)NC(=O)CO3)nc2ccnn12. The number of anilines is 1. The number of nitriles is 1. The van der Waals surface area contributed by atoms with Crippen molar-refractivity contribution in [3.8, 4) is 11.8 Å². The summed E-state index contributed by atoms with van der Waals surface area (Å²) in [6.45, 7) is 0.798. The number of aromatic nitrogens is 3. The van der Waals surface area contributed by atoms with E-state index in [2.05, 4.69) is 32.1 Å². The minimum absolute atomic E-state index is 0.00115. The maximum Gasteiger partial charge on any atom is 0.270 e. The minimum Gasteiger partial charge on any atom is -0.482 e. The fraction of sp³-hybridized carbons (Fsp3) is 0.407. The molecule has 10 rings (SSSR count). The second-order valence-corrected chi connectivity index (χ2v) is 11.5. The Morgan fingerprint density at radius 3 is 2.66 bits per heavy atom. The molecule has 3 N–H and O–H groups in total. The molecule has 6 fully saturated rings. The highest BCUT2D eigenvalue weighted by molar-refractivity contribution is 5.98. The van der Waals surface area contributed by atoms with Crippen LogP contribution in [0.2, 0.25) is 0 Å². The smallest absolute Gasteiger partial charge is 0.270 e. The van der Waals surface area contributed by atoms with E-state index in [9.17, 15) is 19.6 Å². The largest absolute Gasteiger partial charge is 0.482 e. The molecular formula is C27H21N7O4. The summed E-state index contributed by atoms with van der Waals surface area (Å²) in [5, 5.41) is 22.5. The maximum absolute atomic E-state index is 13.3. The van der Waals surface area contributed by atoms with Crippen molar-refractivity contribution in [1.82, 2.24) is 25.2 Å². The number of benzene rings is 1. The average Bonchev–Trinajstić information content (AvgIpc) is 3.42. The van der Waals surface area contributed by atoms with E-state index in [0.717, 1.165) is 5.56 Å². The molecule has 3 heterocycles. The summed E-state index contributed by atoms with van der Waals surface area (Å²) in [5.74, 6) is 3.16. The lowest BCUT2D eigenvalue weighted by Gasteiger charge is -3.10. The van der Waals surface area contributed by atoms with E-state index < -0.39 is 5.91 Å². The first-order valence-corrected chi connectivity index (χ1v) is 12.9. The summed E-state index contributed by atoms with van der Waals surface area (Å²) in [6.07, 6.45) is 1.55. The molecule has 0 atom stereocenters. The van der Waals surface area contributed by atoms with Crippen LogP contribution >= 0.6 is 0 Å². The topological polar surface area (TPSA) is 151 Å². The molecule has 188 valence electrons. The molecule has 11 nitrogen and oxygen atoms in total. The molecule has 2 aromatic heterocycles. The van der Waals surface area contributed by atoms with Crippen molar-refractivity contribution in [2.75, 3.05) is 18.5 Å². The third-order valence-corrected chi connectivity index (χ3v) is 10.5. The molecule has 0 saturated heterocycles. The van der Waals surface area contributed by atoms with Crippen LogP contribution < -0.4 is 20.7 Å². The van der Waals surface area contributed by atoms with Gasteiger partial charge in [0.15, 0.2) is 12.3 Å². The van der Waals surface area contributed by atoms with Gasteiger partial charge in [0.1, 0.15) is 17.1 Å². The predicted molar refractivity (Wildman–Crippen MR) is 128 cm³/mol. The van der Waals surface area contributed by atoms with Gasteiger partial charge in [0, 0.05) is 25.2 Å². The molecule has 0 spiro atoms. The van der Waals surface area contributed by atoms with E-state index in [1.807, 2.05) is 6.07 Å². The number of fused-ring (bicyclic) bond motifs is 2. The highest BCUT2D eigenvalue weighted by Gasteiger charge is 3.10. The maximum atomic E-state index is 13.3. The van der Waals surface area contributed by atoms with Gasteiger partial charge in [-0.05, 0) is 58.6 Å². The number of ether oxygens (including phenoxy) is 1. The van der Waals surface area contributed by atoms with Gasteiger partial charge in [0.05, 0.1) is 23.4 Å². The Morgan fingerprint density at radius 2 is 1.89 bits per heavy atom. The molecule has 6 saturated carbocycles. The van der Waals surface area contributed by atoms with Gasteiger partial charge < -0.3 is 20.7 Å². The van der Waals surface area contributed by atoms with E-state index in [4.69, 9.17) is 4.74 Å². The molecule has 3 aromatic rings. The molecule has 38 heavy (non-hydrogen) atoms. The van der Waals surface area contributed by atoms with Crippen molar-refractivity contribution >= 4 is 29.1 Å². The number of rotatable bonds is 6. The van der Waals surface area contributed by atoms with E-state index in [0.29, 0.717) is 59.1 Å². The molecule has 7 aliphatic rings. The van der Waals surface area contributed by atoms with Gasteiger partial charge in [-0.15, -0.1) is 0 Å². The first-order chi connectivity index (χ1) is 18.5. The summed E-state index contributed by atoms with van der Waals surface area (Å²) >= 11 is 0. The zero-order chi connectivity index (χ0) is 25.6. The van der Waals surface area contributed by atoms with E-state index in [1.54, 1.807) is 24.4 Å². The standard InChI is InChI=1S/C27H21N7O4/c28-9-26-18-21-19(26)23-20(26)22(18)27(21,23)10-30-25(37)14-6-13(32-16-3-4-31-34(14)16)24(36)29-7-11-1-2-15-12(5-11)33-17(35)8-38-15/h1-6,18-23H,7-8,10H2,(H,29,36)(H,30,37)(H,33,35). The summed E-state index contributed by atoms with van der Waals surface area (Å²) in [4.78, 5) is 42.3. The Labute approximate surface area is 215 Å². The fourth-order valence-electron chi connectivity index (χ4n) is 9.36. The van der Waals surface area contributed by atoms with Gasteiger partial charge in [-0.1, -0.05) is 6.07 Å². The van der Waals surface area contributed by atoms with Gasteiger partial charge in [-0.3, -0.25) is 14.4 Å². The van der Waals surface area contributed by atoms with Gasteiger partial charge in [0.2, 0.25) is 0 Å². The number of nitrogens with zero attached hydrogens (tertiary/aromatic N) is 4. The van der Waals surface area contributed by atoms with Gasteiger partial charge in [-0.2, -0.15) is 10.4 Å². The van der Waals surface area contributed by atoms with Crippen molar-refractivity contribution in [1.29, 1.82) is 5.26 Å². The lowest BCUT2D eigenvalue weighted by atomic mass is 8.92. The van der Waals surface area contributed by atoms with Crippen LogP contribution in [0.1, 0.15) is 26.5 Å². The number of hydrogen-bond acceptors (Lipinski definition) is 7. The lowest BCUT2D eigenvalue weighted by Crippen LogP contribution is -3.10. The number of hydrogen-bond donors (Lipinski definition) is 3. The van der Waals surface area contributed by atoms with Crippen LogP contribution in [0.5, 0.6) is 5.75 Å². The van der Waals surface area contributed by atoms with E-state index in [-0.39, 0.29) is 47.2 Å². The van der Waals surface area contributed by atoms with Crippen molar-refractivity contribution in [2.24, 2.45) is 46.3 Å². The zero-order valence-corrected chi connectivity index (χ0v) is 20.0. The van der Waals surface area contributed by atoms with Crippen LogP contribution in [0.4, 0.5) is 5.69 Å². The molecule has 1 aliphatic heterocycles. The third-order valence-electron chi connectivity index (χ3n) is 10.5. The van der Waals surface area contributed by atoms with Gasteiger partial charge in [-0.25, -0.2) is 9.50 Å². The molecule has 11 heteroatoms. The number of nitrogens with one attached hydrogen (secondary N) is 3. The summed E-state index contributed by atoms with van der Waals surface area (Å²) in [7, 11) is 0. The Hall–Kier alpha value is -4.46.